The van der Waals surface area contributed by atoms with Crippen LogP contribution in [0, 0.1) is 35.5 Å². The normalized spacial score (nSPS) is 26.7. The van der Waals surface area contributed by atoms with E-state index in [-0.39, 0.29) is 94.8 Å². The van der Waals surface area contributed by atoms with Gasteiger partial charge in [0.25, 0.3) is 0 Å². The van der Waals surface area contributed by atoms with E-state index in [2.05, 4.69) is 27.8 Å². The van der Waals surface area contributed by atoms with Gasteiger partial charge in [-0.25, -0.2) is 0 Å². The highest BCUT2D eigenvalue weighted by Gasteiger charge is 2.47. The number of aliphatic hydroxyl groups excluding tert-OH is 1. The molecule has 12 amide bonds. The second kappa shape index (κ2) is 40.6. The zero-order chi connectivity index (χ0) is 77.7. The molecule has 0 saturated carbocycles. The van der Waals surface area contributed by atoms with Gasteiger partial charge < -0.3 is 70.3 Å². The molecule has 0 aliphatic carbocycles. The van der Waals surface area contributed by atoms with Gasteiger partial charge in [0, 0.05) is 88.0 Å². The van der Waals surface area contributed by atoms with Crippen LogP contribution in [0.3, 0.4) is 0 Å². The van der Waals surface area contributed by atoms with Gasteiger partial charge in [-0.15, -0.1) is 0 Å². The number of nitrogens with one attached hydrogen (secondary N) is 4. The third kappa shape index (κ3) is 25.6. The minimum atomic E-state index is -4.35. The summed E-state index contributed by atoms with van der Waals surface area (Å²) in [6.07, 6.45) is -2.99. The molecule has 0 aromatic rings. The molecule has 0 aromatic carbocycles. The molecule has 0 aromatic heterocycles. The molecule has 2 rings (SSSR count). The highest BCUT2D eigenvalue weighted by molar-refractivity contribution is 6.00. The first-order chi connectivity index (χ1) is 46.7. The largest absolute Gasteiger partial charge is 0.390 e. The summed E-state index contributed by atoms with van der Waals surface area (Å²) in [7, 11) is 9.46. The summed E-state index contributed by atoms with van der Waals surface area (Å²) in [5.74, 6) is -12.2. The van der Waals surface area contributed by atoms with Gasteiger partial charge in [-0.05, 0) is 102 Å². The predicted molar refractivity (Wildman–Crippen MR) is 377 cm³/mol. The van der Waals surface area contributed by atoms with Crippen molar-refractivity contribution in [3.8, 4) is 0 Å². The number of hydrogen-bond acceptors (Lipinski definition) is 15. The van der Waals surface area contributed by atoms with Crippen molar-refractivity contribution in [3.63, 3.8) is 0 Å². The number of alkyl halides is 3. The van der Waals surface area contributed by atoms with E-state index in [1.165, 1.54) is 104 Å². The number of likely N-dealkylation sites (N-methyl/N-ethyl adjacent to an activating group) is 7. The average Bonchev–Trinajstić information content (AvgIpc) is 0.808. The first kappa shape index (κ1) is 89.9. The predicted octanol–water partition coefficient (Wildman–Crippen LogP) is 3.28. The lowest BCUT2D eigenvalue weighted by atomic mass is 9.91. The van der Waals surface area contributed by atoms with Crippen LogP contribution in [-0.2, 0) is 62.3 Å². The number of halogens is 3. The molecule has 0 spiro atoms. The topological polar surface area (TPSA) is 312 Å². The number of allylic oxidation sites excluding steroid dienone is 2. The Morgan fingerprint density at radius 2 is 1.04 bits per heavy atom. The summed E-state index contributed by atoms with van der Waals surface area (Å²) in [4.78, 5) is 188. The lowest BCUT2D eigenvalue weighted by Crippen LogP contribution is -2.64. The van der Waals surface area contributed by atoms with E-state index in [9.17, 15) is 47.0 Å². The van der Waals surface area contributed by atoms with E-state index >= 15 is 28.8 Å². The van der Waals surface area contributed by atoms with Gasteiger partial charge in [0.15, 0.2) is 0 Å². The van der Waals surface area contributed by atoms with Crippen LogP contribution in [0.2, 0.25) is 0 Å². The summed E-state index contributed by atoms with van der Waals surface area (Å²) in [6, 6.07) is -15.3. The highest BCUT2D eigenvalue weighted by Crippen LogP contribution is 2.27. The first-order valence-corrected chi connectivity index (χ1v) is 35.4. The number of aliphatic hydroxyl groups is 1. The Morgan fingerprint density at radius 1 is 0.574 bits per heavy atom. The van der Waals surface area contributed by atoms with Crippen molar-refractivity contribution in [2.45, 2.75) is 228 Å². The van der Waals surface area contributed by atoms with E-state index in [0.717, 1.165) is 19.6 Å². The van der Waals surface area contributed by atoms with Crippen molar-refractivity contribution < 1.29 is 80.5 Å². The molecule has 2 aliphatic rings. The molecule has 30 heteroatoms. The van der Waals surface area contributed by atoms with Crippen LogP contribution < -0.4 is 21.3 Å². The standard InChI is InChI=1S/C71H122F3N13O14/c1-25-27-28-45(13)59(89)58-63(93)77-50(26-2)66(96)79(18)49(17)65(95)84(23)57(46(14)38-101-39-54(88)87-33-31-86(32-34-87)30-29-71(72,73)74)62(92)78-55(43(9)10)69(99)80(19)51(35-40(3)4)61(91)75-47(15)60(90)76-48(16)64(94)81(20)52(36-41(5)6)67(97)82(21)53(37-42(7)8)68(98)83(22)56(44(11)12)70(100)85(58)24/h25,27,40-42,44-53,55-59,89H,9,26,28-39H2,1-8,10-24H3,(H,75,91)(H,76,90)(H,77,93)(H,78,92). The molecule has 14 unspecified atom stereocenters. The van der Waals surface area contributed by atoms with E-state index in [1.54, 1.807) is 65.5 Å². The van der Waals surface area contributed by atoms with Gasteiger partial charge in [0.05, 0.1) is 19.1 Å². The fourth-order valence-electron chi connectivity index (χ4n) is 12.7. The smallest absolute Gasteiger partial charge is 0.390 e. The molecular formula is C71H122F3N13O14. The maximum atomic E-state index is 15.3. The van der Waals surface area contributed by atoms with Crippen LogP contribution in [0.5, 0.6) is 0 Å². The summed E-state index contributed by atoms with van der Waals surface area (Å²) in [6.45, 7) is 30.0. The molecule has 2 aliphatic heterocycles. The van der Waals surface area contributed by atoms with E-state index in [0.29, 0.717) is 0 Å². The van der Waals surface area contributed by atoms with Gasteiger partial charge in [-0.1, -0.05) is 94.9 Å². The molecule has 101 heavy (non-hydrogen) atoms. The number of piperazine rings is 1. The molecule has 0 radical (unpaired) electrons. The lowest BCUT2D eigenvalue weighted by Gasteiger charge is -2.41. The van der Waals surface area contributed by atoms with Gasteiger partial charge in [-0.3, -0.25) is 62.4 Å². The van der Waals surface area contributed by atoms with Gasteiger partial charge in [0.2, 0.25) is 70.9 Å². The van der Waals surface area contributed by atoms with Crippen LogP contribution in [0.25, 0.3) is 0 Å². The fraction of sp³-hybridized carbons (Fsp3) is 0.775. The average molecular weight is 1440 g/mol. The zero-order valence-corrected chi connectivity index (χ0v) is 64.4. The Morgan fingerprint density at radius 3 is 1.52 bits per heavy atom. The second-order valence-electron chi connectivity index (χ2n) is 29.4. The van der Waals surface area contributed by atoms with Gasteiger partial charge in [-0.2, -0.15) is 13.2 Å². The lowest BCUT2D eigenvalue weighted by molar-refractivity contribution is -0.157. The molecule has 2 fully saturated rings. The Labute approximate surface area is 597 Å². The van der Waals surface area contributed by atoms with Crippen LogP contribution in [0.15, 0.2) is 24.3 Å². The van der Waals surface area contributed by atoms with Crippen molar-refractivity contribution in [2.24, 2.45) is 35.5 Å². The Kier molecular flexibility index (Phi) is 36.1. The molecule has 5 N–H and O–H groups in total. The number of amides is 12. The Balaban J connectivity index is 3.00. The van der Waals surface area contributed by atoms with Gasteiger partial charge in [0.1, 0.15) is 73.1 Å². The fourth-order valence-corrected chi connectivity index (χ4v) is 12.7. The number of carbonyl (C=O) groups is 12. The van der Waals surface area contributed by atoms with E-state index < -0.39 is 180 Å². The Hall–Kier alpha value is -7.21. The van der Waals surface area contributed by atoms with Crippen molar-refractivity contribution in [1.82, 2.24) is 65.4 Å². The zero-order valence-electron chi connectivity index (χ0n) is 64.4. The van der Waals surface area contributed by atoms with Crippen LogP contribution >= 0.6 is 0 Å². The SMILES string of the molecule is C=C(C)C1NC(=O)C(C(C)COCC(=O)N2CCN(CCC(F)(F)F)CC2)N(C)C(=O)C(C)N(C)C(=O)C(CC)NC(=O)C(C(O)C(C)CC=CC)N(C)C(=O)C(C(C)C)N(C)C(=O)C(CC(C)C)N(C)C(=O)C(CC(C)C)N(C)C(=O)C(C)NC(=O)C(C)NC(=O)C(CC(C)C)N(C)C1=O. The number of carbonyl (C=O) groups excluding carboxylic acids is 12. The summed E-state index contributed by atoms with van der Waals surface area (Å²) in [5, 5.41) is 23.0. The third-order valence-corrected chi connectivity index (χ3v) is 19.2. The molecule has 2 heterocycles. The summed E-state index contributed by atoms with van der Waals surface area (Å²) >= 11 is 0. The number of rotatable bonds is 20. The van der Waals surface area contributed by atoms with Crippen molar-refractivity contribution >= 4 is 70.9 Å². The maximum Gasteiger partial charge on any atom is 0.390 e. The highest BCUT2D eigenvalue weighted by atomic mass is 19.4. The molecule has 0 bridgehead atoms. The quantitative estimate of drug-likeness (QED) is 0.109. The van der Waals surface area contributed by atoms with E-state index in [4.69, 9.17) is 4.74 Å². The van der Waals surface area contributed by atoms with Gasteiger partial charge >= 0.3 is 6.18 Å². The molecule has 2 saturated heterocycles. The maximum absolute atomic E-state index is 15.3. The van der Waals surface area contributed by atoms with Crippen molar-refractivity contribution in [2.75, 3.05) is 95.3 Å². The molecule has 576 valence electrons. The third-order valence-electron chi connectivity index (χ3n) is 19.2. The molecule has 27 nitrogen and oxygen atoms in total. The van der Waals surface area contributed by atoms with Crippen LogP contribution in [0.1, 0.15) is 149 Å². The minimum absolute atomic E-state index is 0.0397. The number of hydrogen-bond donors (Lipinski definition) is 5. The summed E-state index contributed by atoms with van der Waals surface area (Å²) < 4.78 is 44.9. The molecule has 14 atom stereocenters. The number of ether oxygens (including phenoxy) is 1. The monoisotopic (exact) mass is 1440 g/mol. The first-order valence-electron chi connectivity index (χ1n) is 35.4. The van der Waals surface area contributed by atoms with Crippen LogP contribution in [0.4, 0.5) is 13.2 Å². The number of nitrogens with zero attached hydrogens (tertiary/aromatic N) is 9. The summed E-state index contributed by atoms with van der Waals surface area (Å²) in [5.41, 5.74) is 0.0903. The second-order valence-corrected chi connectivity index (χ2v) is 29.4. The molecular weight excluding hydrogens is 1320 g/mol. The minimum Gasteiger partial charge on any atom is -0.390 e. The van der Waals surface area contributed by atoms with Crippen molar-refractivity contribution in [3.05, 3.63) is 24.3 Å². The van der Waals surface area contributed by atoms with Crippen LogP contribution in [-0.4, -0.2) is 294 Å². The van der Waals surface area contributed by atoms with Crippen molar-refractivity contribution in [1.29, 1.82) is 0 Å². The van der Waals surface area contributed by atoms with E-state index in [1.807, 2.05) is 27.7 Å². The Bertz CT molecular complexity index is 2890.